The summed E-state index contributed by atoms with van der Waals surface area (Å²) in [5.74, 6) is -1.16. The molecule has 7 rings (SSSR count). The number of hydrogen-bond donors (Lipinski definition) is 0. The molecule has 0 aliphatic heterocycles. The largest absolute Gasteiger partial charge is 0.455 e. The second kappa shape index (κ2) is 8.42. The maximum absolute atomic E-state index is 9.79. The van der Waals surface area contributed by atoms with Gasteiger partial charge in [-0.05, 0) is 112 Å². The molecule has 6 aromatic rings. The highest BCUT2D eigenvalue weighted by molar-refractivity contribution is 6.18. The summed E-state index contributed by atoms with van der Waals surface area (Å²) in [6.45, 7) is 3.73. The number of rotatable bonds is 2. The molecule has 0 spiro atoms. The van der Waals surface area contributed by atoms with Gasteiger partial charge in [0.15, 0.2) is 0 Å². The minimum atomic E-state index is -2.46. The first-order chi connectivity index (χ1) is 21.4. The van der Waals surface area contributed by atoms with Crippen LogP contribution in [0, 0.1) is 24.5 Å². The van der Waals surface area contributed by atoms with Crippen LogP contribution >= 0.6 is 0 Å². The van der Waals surface area contributed by atoms with Gasteiger partial charge < -0.3 is 4.42 Å². The Labute approximate surface area is 240 Å². The van der Waals surface area contributed by atoms with Crippen molar-refractivity contribution in [3.8, 4) is 11.3 Å². The van der Waals surface area contributed by atoms with Gasteiger partial charge in [0.25, 0.3) is 0 Å². The van der Waals surface area contributed by atoms with Crippen molar-refractivity contribution in [1.29, 1.82) is 0 Å². The molecule has 2 heteroatoms. The van der Waals surface area contributed by atoms with Crippen molar-refractivity contribution >= 4 is 43.5 Å². The Morgan fingerprint density at radius 2 is 1.59 bits per heavy atom. The molecule has 0 radical (unpaired) electrons. The molecule has 0 unspecified atom stereocenters. The van der Waals surface area contributed by atoms with Gasteiger partial charge in [0.05, 0.1) is 5.69 Å². The number of aromatic nitrogens is 1. The zero-order valence-electron chi connectivity index (χ0n) is 29.9. The van der Waals surface area contributed by atoms with Crippen molar-refractivity contribution in [2.45, 2.75) is 66.6 Å². The highest BCUT2D eigenvalue weighted by atomic mass is 16.3. The van der Waals surface area contributed by atoms with Crippen LogP contribution in [-0.2, 0) is 0 Å². The second-order valence-electron chi connectivity index (χ2n) is 12.9. The van der Waals surface area contributed by atoms with Gasteiger partial charge in [-0.2, -0.15) is 0 Å². The lowest BCUT2D eigenvalue weighted by Crippen LogP contribution is -2.33. The van der Waals surface area contributed by atoms with Crippen LogP contribution in [0.3, 0.4) is 0 Å². The van der Waals surface area contributed by atoms with E-state index in [9.17, 15) is 1.37 Å². The summed E-state index contributed by atoms with van der Waals surface area (Å²) in [5, 5.41) is 5.33. The number of nitrogens with zero attached hydrogens (tertiary/aromatic N) is 1. The predicted molar refractivity (Wildman–Crippen MR) is 166 cm³/mol. The summed E-state index contributed by atoms with van der Waals surface area (Å²) in [5.41, 5.74) is 2.32. The summed E-state index contributed by atoms with van der Waals surface area (Å²) in [6.07, 6.45) is 3.33. The Morgan fingerprint density at radius 1 is 0.821 bits per heavy atom. The lowest BCUT2D eigenvalue weighted by Gasteiger charge is -2.45. The van der Waals surface area contributed by atoms with E-state index in [1.165, 1.54) is 6.20 Å². The molecule has 1 aliphatic rings. The van der Waals surface area contributed by atoms with E-state index < -0.39 is 19.6 Å². The molecular formula is C37H37NO. The maximum atomic E-state index is 9.79. The molecule has 1 aliphatic carbocycles. The number of hydrogen-bond acceptors (Lipinski definition) is 2. The number of benzene rings is 4. The van der Waals surface area contributed by atoms with Crippen LogP contribution in [-0.4, -0.2) is 4.98 Å². The standard InChI is InChI=1S/C37H37NO/c1-22-11-14-28(32-16-29(23(2)20-38-32)26-18-36(3,4)21-37(5,6)19-26)35-34(22)31-15-25-13-12-24-9-7-8-10-27(24)30(25)17-33(31)39-35/h7-17,20,26H,18-19,21H2,1-6H3/i1D3,2D3,26D. The average Bonchev–Trinajstić information content (AvgIpc) is 3.30. The lowest BCUT2D eigenvalue weighted by atomic mass is 9.60. The second-order valence-corrected chi connectivity index (χ2v) is 12.9. The van der Waals surface area contributed by atoms with Crippen molar-refractivity contribution < 1.29 is 14.0 Å². The lowest BCUT2D eigenvalue weighted by molar-refractivity contribution is 0.0967. The molecule has 39 heavy (non-hydrogen) atoms. The van der Waals surface area contributed by atoms with Crippen LogP contribution in [0.15, 0.2) is 77.3 Å². The number of aryl methyl sites for hydroxylation is 2. The first-order valence-electron chi connectivity index (χ1n) is 17.2. The van der Waals surface area contributed by atoms with Crippen molar-refractivity contribution in [2.24, 2.45) is 10.8 Å². The topological polar surface area (TPSA) is 26.0 Å². The molecule has 1 saturated carbocycles. The Kier molecular flexibility index (Phi) is 3.85. The van der Waals surface area contributed by atoms with Crippen molar-refractivity contribution in [1.82, 2.24) is 4.98 Å². The summed E-state index contributed by atoms with van der Waals surface area (Å²) in [7, 11) is 0. The molecule has 0 bridgehead atoms. The summed E-state index contributed by atoms with van der Waals surface area (Å²) < 4.78 is 66.5. The smallest absolute Gasteiger partial charge is 0.145 e. The Hall–Kier alpha value is -3.65. The van der Waals surface area contributed by atoms with Gasteiger partial charge in [-0.25, -0.2) is 0 Å². The molecule has 0 saturated heterocycles. The fraction of sp³-hybridized carbons (Fsp3) is 0.324. The van der Waals surface area contributed by atoms with E-state index in [4.69, 9.17) is 12.6 Å². The van der Waals surface area contributed by atoms with E-state index in [0.717, 1.165) is 28.0 Å². The van der Waals surface area contributed by atoms with Crippen LogP contribution in [0.5, 0.6) is 0 Å². The van der Waals surface area contributed by atoms with Gasteiger partial charge in [0.2, 0.25) is 0 Å². The third-order valence-corrected chi connectivity index (χ3v) is 8.39. The number of pyridine rings is 1. The van der Waals surface area contributed by atoms with E-state index >= 15 is 0 Å². The fourth-order valence-electron chi connectivity index (χ4n) is 7.31. The van der Waals surface area contributed by atoms with E-state index in [1.807, 2.05) is 30.3 Å². The van der Waals surface area contributed by atoms with Crippen LogP contribution < -0.4 is 0 Å². The van der Waals surface area contributed by atoms with E-state index in [1.54, 1.807) is 18.2 Å². The molecule has 2 nitrogen and oxygen atoms in total. The quantitative estimate of drug-likeness (QED) is 0.213. The normalized spacial score (nSPS) is 21.6. The first-order valence-corrected chi connectivity index (χ1v) is 13.7. The first kappa shape index (κ1) is 17.8. The van der Waals surface area contributed by atoms with Gasteiger partial charge in [0, 0.05) is 32.1 Å². The number of fused-ring (bicyclic) bond motifs is 6. The number of furan rings is 1. The minimum Gasteiger partial charge on any atom is -0.455 e. The van der Waals surface area contributed by atoms with Crippen molar-refractivity contribution in [3.63, 3.8) is 0 Å². The van der Waals surface area contributed by atoms with E-state index in [-0.39, 0.29) is 22.0 Å². The minimum absolute atomic E-state index is 0.0813. The highest BCUT2D eigenvalue weighted by Crippen LogP contribution is 2.52. The monoisotopic (exact) mass is 518 g/mol. The SMILES string of the molecule is [2H]C([2H])([2H])c1cnc(-c2ccc(C([2H])([2H])[2H])c3c2oc2cc4c(ccc5ccccc54)cc23)cc1C1([2H])CC(C)(C)CC(C)(C)C1. The van der Waals surface area contributed by atoms with Crippen LogP contribution in [0.25, 0.3) is 54.7 Å². The van der Waals surface area contributed by atoms with E-state index in [0.29, 0.717) is 51.6 Å². The molecular weight excluding hydrogens is 474 g/mol. The van der Waals surface area contributed by atoms with Crippen molar-refractivity contribution in [2.75, 3.05) is 0 Å². The zero-order valence-corrected chi connectivity index (χ0v) is 22.9. The van der Waals surface area contributed by atoms with Crippen LogP contribution in [0.4, 0.5) is 0 Å². The third-order valence-electron chi connectivity index (χ3n) is 8.39. The molecule has 2 aromatic heterocycles. The molecule has 1 fully saturated rings. The summed E-state index contributed by atoms with van der Waals surface area (Å²) in [4.78, 5) is 4.64. The zero-order chi connectivity index (χ0) is 33.0. The van der Waals surface area contributed by atoms with Gasteiger partial charge in [0.1, 0.15) is 11.2 Å². The molecule has 2 heterocycles. The average molecular weight is 519 g/mol. The van der Waals surface area contributed by atoms with Crippen LogP contribution in [0.1, 0.15) is 79.1 Å². The Bertz CT molecular complexity index is 2170. The predicted octanol–water partition coefficient (Wildman–Crippen LogP) is 10.9. The Balaban J connectivity index is 1.52. The van der Waals surface area contributed by atoms with Gasteiger partial charge >= 0.3 is 0 Å². The van der Waals surface area contributed by atoms with Gasteiger partial charge in [-0.3, -0.25) is 4.98 Å². The molecule has 0 N–H and O–H groups in total. The molecule has 0 amide bonds. The Morgan fingerprint density at radius 3 is 2.38 bits per heavy atom. The van der Waals surface area contributed by atoms with Crippen molar-refractivity contribution in [3.05, 3.63) is 89.6 Å². The molecule has 4 aromatic carbocycles. The molecule has 0 atom stereocenters. The summed E-state index contributed by atoms with van der Waals surface area (Å²) >= 11 is 0. The van der Waals surface area contributed by atoms with E-state index in [2.05, 4.69) is 50.9 Å². The summed E-state index contributed by atoms with van der Waals surface area (Å²) in [6, 6.07) is 21.2. The van der Waals surface area contributed by atoms with Crippen LogP contribution in [0.2, 0.25) is 0 Å². The molecule has 196 valence electrons. The third kappa shape index (κ3) is 4.04. The maximum Gasteiger partial charge on any atom is 0.145 e. The fourth-order valence-corrected chi connectivity index (χ4v) is 7.31. The van der Waals surface area contributed by atoms with Gasteiger partial charge in [-0.15, -0.1) is 0 Å². The van der Waals surface area contributed by atoms with Gasteiger partial charge in [-0.1, -0.05) is 70.2 Å². The highest BCUT2D eigenvalue weighted by Gasteiger charge is 2.39.